The number of hydrogen-bond donors (Lipinski definition) is 2. The molecule has 3 saturated heterocycles. The standard InChI is InChI=1S/C37H38ClF2N7O3S/c1-46(2)15-37(9-10-37)16-49-36-44-30-22(13-24(38)27(28(30)40)21-7-8-25(39)32-26(21)23(14-41)33(42)51-32)34(45-36)50-20-11-18-5-6-19(12-20)47(18)35(48)31-29(43-31)17-3-4-17/h7-8,13,17-20,29,31,43H,3-6,9-12,15-16,42H2,1-2H3/t18-,19+,20?,29-,31-/m0/s1. The lowest BCUT2D eigenvalue weighted by atomic mass is 9.97. The first-order valence-electron chi connectivity index (χ1n) is 17.7. The highest BCUT2D eigenvalue weighted by Crippen LogP contribution is 2.48. The molecule has 3 aliphatic heterocycles. The number of halogens is 3. The Morgan fingerprint density at radius 3 is 2.61 bits per heavy atom. The van der Waals surface area contributed by atoms with Crippen LogP contribution in [0, 0.1) is 34.3 Å². The number of anilines is 1. The second kappa shape index (κ2) is 12.1. The van der Waals surface area contributed by atoms with Crippen LogP contribution in [0.5, 0.6) is 11.9 Å². The lowest BCUT2D eigenvalue weighted by Gasteiger charge is -2.39. The Morgan fingerprint density at radius 1 is 1.20 bits per heavy atom. The topological polar surface area (TPSA) is 140 Å². The molecule has 0 spiro atoms. The van der Waals surface area contributed by atoms with E-state index in [1.54, 1.807) is 6.07 Å². The van der Waals surface area contributed by atoms with E-state index in [-0.39, 0.29) is 95.1 Å². The maximum Gasteiger partial charge on any atom is 0.320 e. The van der Waals surface area contributed by atoms with Crippen molar-refractivity contribution in [2.45, 2.75) is 81.6 Å². The zero-order chi connectivity index (χ0) is 35.3. The quantitative estimate of drug-likeness (QED) is 0.181. The van der Waals surface area contributed by atoms with Gasteiger partial charge in [0.05, 0.1) is 27.3 Å². The average Bonchev–Trinajstić information content (AvgIpc) is 3.99. The lowest BCUT2D eigenvalue weighted by molar-refractivity contribution is -0.136. The zero-order valence-electron chi connectivity index (χ0n) is 28.3. The summed E-state index contributed by atoms with van der Waals surface area (Å²) in [6.45, 7) is 1.19. The number of carbonyl (C=O) groups excluding carboxylic acids is 1. The van der Waals surface area contributed by atoms with Gasteiger partial charge in [-0.25, -0.2) is 8.78 Å². The summed E-state index contributed by atoms with van der Waals surface area (Å²) in [5, 5.41) is 13.9. The van der Waals surface area contributed by atoms with Gasteiger partial charge in [-0.05, 0) is 76.2 Å². The SMILES string of the molecule is CN(C)CC1(COc2nc(OC3C[C@H]4CC[C@@H](C3)N4C(=O)[C@H]3N[C@H]3C3CC3)c3cc(Cl)c(-c4ccc(F)c5sc(N)c(C#N)c45)c(F)c3n2)CC1. The third-order valence-electron chi connectivity index (χ3n) is 11.4. The molecule has 3 N–H and O–H groups in total. The number of amides is 1. The van der Waals surface area contributed by atoms with Crippen LogP contribution in [0.3, 0.4) is 0 Å². The van der Waals surface area contributed by atoms with Crippen LogP contribution in [-0.4, -0.2) is 83.2 Å². The molecule has 2 aliphatic carbocycles. The molecule has 266 valence electrons. The lowest BCUT2D eigenvalue weighted by Crippen LogP contribution is -2.51. The van der Waals surface area contributed by atoms with Crippen molar-refractivity contribution in [2.75, 3.05) is 33.0 Å². The molecular formula is C37H38ClF2N7O3S. The number of benzene rings is 2. The van der Waals surface area contributed by atoms with Crippen molar-refractivity contribution >= 4 is 54.8 Å². The van der Waals surface area contributed by atoms with E-state index in [2.05, 4.69) is 25.1 Å². The van der Waals surface area contributed by atoms with Gasteiger partial charge in [0.25, 0.3) is 0 Å². The van der Waals surface area contributed by atoms with Crippen molar-refractivity contribution in [2.24, 2.45) is 11.3 Å². The molecule has 10 nitrogen and oxygen atoms in total. The number of thiophene rings is 1. The predicted molar refractivity (Wildman–Crippen MR) is 191 cm³/mol. The number of carbonyl (C=O) groups is 1. The van der Waals surface area contributed by atoms with Crippen LogP contribution in [0.25, 0.3) is 32.1 Å². The van der Waals surface area contributed by atoms with Crippen LogP contribution in [0.15, 0.2) is 18.2 Å². The van der Waals surface area contributed by atoms with Gasteiger partial charge in [0.15, 0.2) is 5.82 Å². The Bertz CT molecular complexity index is 2130. The van der Waals surface area contributed by atoms with Crippen LogP contribution < -0.4 is 20.5 Å². The minimum absolute atomic E-state index is 0.0158. The van der Waals surface area contributed by atoms with Gasteiger partial charge in [0.1, 0.15) is 34.6 Å². The second-order valence-electron chi connectivity index (χ2n) is 15.4. The molecule has 2 bridgehead atoms. The summed E-state index contributed by atoms with van der Waals surface area (Å²) in [4.78, 5) is 27.0. The molecular weight excluding hydrogens is 696 g/mol. The zero-order valence-corrected chi connectivity index (χ0v) is 29.9. The van der Waals surface area contributed by atoms with Crippen molar-refractivity contribution in [3.63, 3.8) is 0 Å². The summed E-state index contributed by atoms with van der Waals surface area (Å²) >= 11 is 7.79. The monoisotopic (exact) mass is 733 g/mol. The minimum Gasteiger partial charge on any atom is -0.474 e. The fraction of sp³-hybridized carbons (Fsp3) is 0.514. The van der Waals surface area contributed by atoms with Crippen LogP contribution in [-0.2, 0) is 4.79 Å². The summed E-state index contributed by atoms with van der Waals surface area (Å²) in [5.74, 6) is -0.341. The maximum absolute atomic E-state index is 17.0. The summed E-state index contributed by atoms with van der Waals surface area (Å²) in [6, 6.07) is 6.59. The molecule has 1 unspecified atom stereocenters. The molecule has 4 aromatic rings. The molecule has 5 heterocycles. The molecule has 5 atom stereocenters. The number of hydrogen-bond acceptors (Lipinski definition) is 10. The van der Waals surface area contributed by atoms with Gasteiger partial charge in [-0.15, -0.1) is 11.3 Å². The maximum atomic E-state index is 17.0. The summed E-state index contributed by atoms with van der Waals surface area (Å²) in [6.07, 6.45) is 7.23. The Hall–Kier alpha value is -3.83. The normalized spacial score (nSPS) is 26.1. The van der Waals surface area contributed by atoms with Gasteiger partial charge in [0, 0.05) is 53.9 Å². The van der Waals surface area contributed by atoms with E-state index in [0.717, 1.165) is 43.6 Å². The third-order valence-corrected chi connectivity index (χ3v) is 12.7. The van der Waals surface area contributed by atoms with Crippen LogP contribution in [0.2, 0.25) is 5.02 Å². The molecule has 2 aromatic heterocycles. The fourth-order valence-corrected chi connectivity index (χ4v) is 9.86. The molecule has 2 saturated carbocycles. The third kappa shape index (κ3) is 5.75. The van der Waals surface area contributed by atoms with E-state index in [0.29, 0.717) is 31.4 Å². The average molecular weight is 734 g/mol. The number of rotatable bonds is 10. The van der Waals surface area contributed by atoms with Gasteiger partial charge < -0.3 is 25.0 Å². The molecule has 5 fully saturated rings. The van der Waals surface area contributed by atoms with Crippen LogP contribution >= 0.6 is 22.9 Å². The molecule has 2 aromatic carbocycles. The first kappa shape index (κ1) is 33.0. The van der Waals surface area contributed by atoms with Gasteiger partial charge in [-0.1, -0.05) is 17.7 Å². The number of fused-ring (bicyclic) bond motifs is 4. The first-order chi connectivity index (χ1) is 24.5. The molecule has 5 aliphatic rings. The number of nitriles is 1. The second-order valence-corrected chi connectivity index (χ2v) is 16.8. The number of nitrogen functional groups attached to an aromatic ring is 1. The fourth-order valence-electron chi connectivity index (χ4n) is 8.61. The van der Waals surface area contributed by atoms with Gasteiger partial charge in [-0.2, -0.15) is 15.2 Å². The van der Waals surface area contributed by atoms with Crippen molar-refractivity contribution in [3.05, 3.63) is 40.4 Å². The molecule has 14 heteroatoms. The highest BCUT2D eigenvalue weighted by atomic mass is 35.5. The minimum atomic E-state index is -0.770. The molecule has 9 rings (SSSR count). The van der Waals surface area contributed by atoms with E-state index in [1.165, 1.54) is 25.0 Å². The van der Waals surface area contributed by atoms with Gasteiger partial charge >= 0.3 is 6.01 Å². The number of piperidine rings is 1. The van der Waals surface area contributed by atoms with Crippen LogP contribution in [0.1, 0.15) is 56.9 Å². The number of nitrogens with two attached hydrogens (primary N) is 1. The number of nitrogens with one attached hydrogen (secondary N) is 1. The number of aromatic nitrogens is 2. The van der Waals surface area contributed by atoms with E-state index >= 15 is 4.39 Å². The van der Waals surface area contributed by atoms with Gasteiger partial charge in [0.2, 0.25) is 11.8 Å². The number of nitrogens with zero attached hydrogens (tertiary/aromatic N) is 5. The Balaban J connectivity index is 1.08. The van der Waals surface area contributed by atoms with Crippen molar-refractivity contribution in [1.29, 1.82) is 5.26 Å². The largest absolute Gasteiger partial charge is 0.474 e. The highest BCUT2D eigenvalue weighted by Gasteiger charge is 2.55. The van der Waals surface area contributed by atoms with Crippen molar-refractivity contribution in [3.8, 4) is 29.1 Å². The van der Waals surface area contributed by atoms with Crippen LogP contribution in [0.4, 0.5) is 13.8 Å². The molecule has 0 radical (unpaired) electrons. The van der Waals surface area contributed by atoms with Gasteiger partial charge in [-0.3, -0.25) is 10.1 Å². The molecule has 51 heavy (non-hydrogen) atoms. The number of ether oxygens (including phenoxy) is 2. The van der Waals surface area contributed by atoms with Crippen molar-refractivity contribution < 1.29 is 23.0 Å². The first-order valence-corrected chi connectivity index (χ1v) is 18.9. The van der Waals surface area contributed by atoms with E-state index in [9.17, 15) is 14.4 Å². The highest BCUT2D eigenvalue weighted by molar-refractivity contribution is 7.23. The Labute approximate surface area is 302 Å². The Morgan fingerprint density at radius 2 is 1.94 bits per heavy atom. The Kier molecular flexibility index (Phi) is 7.85. The van der Waals surface area contributed by atoms with E-state index < -0.39 is 11.6 Å². The molecule has 1 amide bonds. The van der Waals surface area contributed by atoms with E-state index in [1.807, 2.05) is 20.2 Å². The predicted octanol–water partition coefficient (Wildman–Crippen LogP) is 6.27. The summed E-state index contributed by atoms with van der Waals surface area (Å²) in [5.41, 5.74) is 6.25. The summed E-state index contributed by atoms with van der Waals surface area (Å²) in [7, 11) is 4.03. The smallest absolute Gasteiger partial charge is 0.320 e. The summed E-state index contributed by atoms with van der Waals surface area (Å²) < 4.78 is 44.9. The van der Waals surface area contributed by atoms with Crippen molar-refractivity contribution in [1.82, 2.24) is 25.1 Å². The van der Waals surface area contributed by atoms with E-state index in [4.69, 9.17) is 26.8 Å².